The molecule has 0 saturated heterocycles. The van der Waals surface area contributed by atoms with Crippen molar-refractivity contribution in [2.45, 2.75) is 51.0 Å². The fraction of sp³-hybridized carbons (Fsp3) is 0.467. The van der Waals surface area contributed by atoms with E-state index in [1.807, 2.05) is 6.08 Å². The summed E-state index contributed by atoms with van der Waals surface area (Å²) in [5, 5.41) is 0. The minimum absolute atomic E-state index is 0.150. The summed E-state index contributed by atoms with van der Waals surface area (Å²) < 4.78 is 21.1. The fourth-order valence-electron chi connectivity index (χ4n) is 5.38. The van der Waals surface area contributed by atoms with Crippen molar-refractivity contribution in [1.29, 1.82) is 0 Å². The van der Waals surface area contributed by atoms with Gasteiger partial charge in [0.15, 0.2) is 28.8 Å². The Morgan fingerprint density at radius 1 is 0.675 bits per heavy atom. The molecule has 1 saturated carbocycles. The van der Waals surface area contributed by atoms with Gasteiger partial charge < -0.3 is 18.9 Å². The van der Waals surface area contributed by atoms with Gasteiger partial charge in [0.05, 0.1) is 28.4 Å². The predicted octanol–water partition coefficient (Wildman–Crippen LogP) is 5.84. The molecule has 2 aromatic carbocycles. The van der Waals surface area contributed by atoms with E-state index in [0.29, 0.717) is 47.0 Å². The minimum atomic E-state index is -0.650. The zero-order valence-corrected chi connectivity index (χ0v) is 23.3. The zero-order valence-electron chi connectivity index (χ0n) is 23.3. The predicted molar refractivity (Wildman–Crippen MR) is 143 cm³/mol. The van der Waals surface area contributed by atoms with E-state index in [1.54, 1.807) is 36.4 Å². The zero-order chi connectivity index (χ0) is 28.5. The molecule has 0 spiro atoms. The fourth-order valence-corrected chi connectivity index (χ4v) is 5.38. The molecule has 0 radical (unpaired) electrons. The molecule has 1 fully saturated rings. The van der Waals surface area contributed by atoms with Gasteiger partial charge in [-0.2, -0.15) is 4.89 Å². The van der Waals surface area contributed by atoms with Crippen molar-refractivity contribution in [2.75, 3.05) is 28.4 Å². The summed E-state index contributed by atoms with van der Waals surface area (Å²) in [7, 11) is 5.94. The quantitative estimate of drug-likeness (QED) is 0.247. The Balaban J connectivity index is 1.20. The highest BCUT2D eigenvalue weighted by Crippen LogP contribution is 2.39. The van der Waals surface area contributed by atoms with Gasteiger partial charge in [0, 0.05) is 6.42 Å². The van der Waals surface area contributed by atoms with Crippen molar-refractivity contribution in [3.8, 4) is 23.0 Å². The van der Waals surface area contributed by atoms with Crippen LogP contribution in [-0.4, -0.2) is 46.5 Å². The standard InChI is InChI=1S/C30H36O10/c1-33-25-9-5-7-23(27(25)35-3)29(31)39-37-21-15-11-19(12-16-21)20-13-17-22(18-14-20)38-40-30(32)24-8-6-10-26(34-2)28(24)36-4/h5-10,15,19-20,22H,11-14,16-18H2,1-4H3. The van der Waals surface area contributed by atoms with E-state index < -0.39 is 11.9 Å². The molecule has 0 aliphatic heterocycles. The topological polar surface area (TPSA) is 108 Å². The number of methoxy groups -OCH3 is 4. The van der Waals surface area contributed by atoms with E-state index in [-0.39, 0.29) is 17.2 Å². The average molecular weight is 557 g/mol. The highest BCUT2D eigenvalue weighted by atomic mass is 17.2. The number of hydrogen-bond donors (Lipinski definition) is 0. The van der Waals surface area contributed by atoms with Crippen LogP contribution in [0.15, 0.2) is 48.2 Å². The van der Waals surface area contributed by atoms with Crippen LogP contribution < -0.4 is 18.9 Å². The van der Waals surface area contributed by atoms with Crippen LogP contribution in [0.4, 0.5) is 0 Å². The number of benzene rings is 2. The first-order valence-corrected chi connectivity index (χ1v) is 13.4. The Kier molecular flexibility index (Phi) is 10.1. The second-order valence-corrected chi connectivity index (χ2v) is 9.74. The molecule has 2 aliphatic carbocycles. The monoisotopic (exact) mass is 556 g/mol. The first-order valence-electron chi connectivity index (χ1n) is 13.4. The van der Waals surface area contributed by atoms with Crippen molar-refractivity contribution in [2.24, 2.45) is 11.8 Å². The molecule has 2 aromatic rings. The summed E-state index contributed by atoms with van der Waals surface area (Å²) in [6.07, 6.45) is 7.87. The Bertz CT molecular complexity index is 1200. The van der Waals surface area contributed by atoms with E-state index in [2.05, 4.69) is 0 Å². The van der Waals surface area contributed by atoms with E-state index >= 15 is 0 Å². The van der Waals surface area contributed by atoms with Gasteiger partial charge in [0.2, 0.25) is 0 Å². The van der Waals surface area contributed by atoms with Crippen molar-refractivity contribution < 1.29 is 48.1 Å². The highest BCUT2D eigenvalue weighted by molar-refractivity contribution is 5.93. The SMILES string of the molecule is COc1cccc(C(=O)OOC2=CCC(C3CCC(OOC(=O)c4cccc(OC)c4OC)CC3)CC2)c1OC. The smallest absolute Gasteiger partial charge is 0.390 e. The van der Waals surface area contributed by atoms with Crippen LogP contribution in [0.25, 0.3) is 0 Å². The Morgan fingerprint density at radius 2 is 1.25 bits per heavy atom. The lowest BCUT2D eigenvalue weighted by Gasteiger charge is -2.34. The molecule has 0 N–H and O–H groups in total. The van der Waals surface area contributed by atoms with Crippen molar-refractivity contribution in [3.05, 3.63) is 59.4 Å². The van der Waals surface area contributed by atoms with E-state index in [9.17, 15) is 9.59 Å². The summed E-state index contributed by atoms with van der Waals surface area (Å²) in [6, 6.07) is 9.99. The lowest BCUT2D eigenvalue weighted by Crippen LogP contribution is -2.28. The summed E-state index contributed by atoms with van der Waals surface area (Å²) in [5.74, 6) is 1.91. The van der Waals surface area contributed by atoms with E-state index in [4.69, 9.17) is 38.5 Å². The molecule has 10 heteroatoms. The lowest BCUT2D eigenvalue weighted by atomic mass is 9.74. The number of hydrogen-bond acceptors (Lipinski definition) is 10. The number of para-hydroxylation sites is 2. The van der Waals surface area contributed by atoms with Crippen LogP contribution in [0.2, 0.25) is 0 Å². The van der Waals surface area contributed by atoms with Gasteiger partial charge in [-0.15, -0.1) is 0 Å². The number of carbonyl (C=O) groups is 2. The largest absolute Gasteiger partial charge is 0.493 e. The molecule has 0 aromatic heterocycles. The summed E-state index contributed by atoms with van der Waals surface area (Å²) in [4.78, 5) is 46.2. The van der Waals surface area contributed by atoms with Crippen molar-refractivity contribution in [1.82, 2.24) is 0 Å². The molecule has 216 valence electrons. The van der Waals surface area contributed by atoms with Crippen LogP contribution in [-0.2, 0) is 19.6 Å². The van der Waals surface area contributed by atoms with E-state index in [0.717, 1.165) is 38.5 Å². The molecule has 1 atom stereocenters. The lowest BCUT2D eigenvalue weighted by molar-refractivity contribution is -0.281. The number of ether oxygens (including phenoxy) is 4. The van der Waals surface area contributed by atoms with Gasteiger partial charge in [0.1, 0.15) is 17.2 Å². The Labute approximate surface area is 233 Å². The normalized spacial score (nSPS) is 20.5. The summed E-state index contributed by atoms with van der Waals surface area (Å²) in [5.41, 5.74) is 0.472. The van der Waals surface area contributed by atoms with Crippen LogP contribution in [0.3, 0.4) is 0 Å². The summed E-state index contributed by atoms with van der Waals surface area (Å²) >= 11 is 0. The Hall–Kier alpha value is -3.92. The number of allylic oxidation sites excluding steroid dienone is 2. The number of carbonyl (C=O) groups excluding carboxylic acids is 2. The van der Waals surface area contributed by atoms with Gasteiger partial charge in [-0.1, -0.05) is 12.1 Å². The second-order valence-electron chi connectivity index (χ2n) is 9.74. The molecule has 0 bridgehead atoms. The molecule has 0 amide bonds. The van der Waals surface area contributed by atoms with Crippen LogP contribution in [0.5, 0.6) is 23.0 Å². The molecular weight excluding hydrogens is 520 g/mol. The third kappa shape index (κ3) is 6.80. The van der Waals surface area contributed by atoms with Crippen LogP contribution in [0, 0.1) is 11.8 Å². The van der Waals surface area contributed by atoms with Gasteiger partial charge >= 0.3 is 11.9 Å². The highest BCUT2D eigenvalue weighted by Gasteiger charge is 2.31. The third-order valence-electron chi connectivity index (χ3n) is 7.53. The first-order chi connectivity index (χ1) is 19.5. The number of rotatable bonds is 11. The van der Waals surface area contributed by atoms with Gasteiger partial charge in [-0.25, -0.2) is 14.5 Å². The van der Waals surface area contributed by atoms with E-state index in [1.165, 1.54) is 28.4 Å². The van der Waals surface area contributed by atoms with Crippen LogP contribution >= 0.6 is 0 Å². The average Bonchev–Trinajstić information content (AvgIpc) is 3.01. The summed E-state index contributed by atoms with van der Waals surface area (Å²) in [6.45, 7) is 0. The van der Waals surface area contributed by atoms with Gasteiger partial charge in [0.25, 0.3) is 0 Å². The van der Waals surface area contributed by atoms with Crippen LogP contribution in [0.1, 0.15) is 65.7 Å². The first kappa shape index (κ1) is 29.1. The second kappa shape index (κ2) is 13.9. The maximum absolute atomic E-state index is 12.6. The molecule has 0 heterocycles. The van der Waals surface area contributed by atoms with Gasteiger partial charge in [-0.3, -0.25) is 9.78 Å². The maximum atomic E-state index is 12.6. The molecule has 2 aliphatic rings. The minimum Gasteiger partial charge on any atom is -0.493 e. The Morgan fingerprint density at radius 3 is 1.75 bits per heavy atom. The van der Waals surface area contributed by atoms with Crippen molar-refractivity contribution in [3.63, 3.8) is 0 Å². The molecule has 40 heavy (non-hydrogen) atoms. The molecule has 1 unspecified atom stereocenters. The van der Waals surface area contributed by atoms with Gasteiger partial charge in [-0.05, 0) is 80.7 Å². The maximum Gasteiger partial charge on any atom is 0.390 e. The molecule has 10 nitrogen and oxygen atoms in total. The molecular formula is C30H36O10. The molecule has 4 rings (SSSR count). The van der Waals surface area contributed by atoms with Crippen molar-refractivity contribution >= 4 is 11.9 Å². The third-order valence-corrected chi connectivity index (χ3v) is 7.53.